The summed E-state index contributed by atoms with van der Waals surface area (Å²) in [6.07, 6.45) is 3.64. The third-order valence-corrected chi connectivity index (χ3v) is 5.27. The minimum Gasteiger partial charge on any atom is -0.486 e. The summed E-state index contributed by atoms with van der Waals surface area (Å²) >= 11 is 0. The second-order valence-electron chi connectivity index (χ2n) is 7.19. The monoisotopic (exact) mass is 383 g/mol. The molecular weight excluding hydrogens is 358 g/mol. The maximum absolute atomic E-state index is 13.1. The first-order chi connectivity index (χ1) is 13.7. The molecule has 1 fully saturated rings. The van der Waals surface area contributed by atoms with Crippen molar-refractivity contribution in [3.8, 4) is 11.5 Å². The molecule has 1 atom stereocenters. The molecule has 1 amide bonds. The Labute approximate surface area is 163 Å². The van der Waals surface area contributed by atoms with E-state index in [1.165, 1.54) is 16.8 Å². The highest BCUT2D eigenvalue weighted by atomic mass is 16.6. The summed E-state index contributed by atoms with van der Waals surface area (Å²) < 4.78 is 12.7. The van der Waals surface area contributed by atoms with Crippen LogP contribution in [0.1, 0.15) is 54.7 Å². The lowest BCUT2D eigenvalue weighted by atomic mass is 10.0. The number of ether oxygens (including phenoxy) is 2. The van der Waals surface area contributed by atoms with Gasteiger partial charge in [-0.3, -0.25) is 9.59 Å². The fourth-order valence-corrected chi connectivity index (χ4v) is 3.80. The van der Waals surface area contributed by atoms with Crippen LogP contribution in [0.3, 0.4) is 0 Å². The molecule has 0 N–H and O–H groups in total. The molecule has 7 nitrogen and oxygen atoms in total. The summed E-state index contributed by atoms with van der Waals surface area (Å²) in [6, 6.07) is 8.83. The molecule has 2 aliphatic rings. The van der Waals surface area contributed by atoms with Crippen LogP contribution in [0, 0.1) is 0 Å². The number of aryl methyl sites for hydroxylation is 1. The average molecular weight is 383 g/mol. The molecule has 0 aliphatic carbocycles. The van der Waals surface area contributed by atoms with Crippen LogP contribution >= 0.6 is 0 Å². The fraction of sp³-hybridized carbons (Fsp3) is 0.476. The van der Waals surface area contributed by atoms with Crippen LogP contribution in [-0.4, -0.2) is 40.3 Å². The van der Waals surface area contributed by atoms with Gasteiger partial charge in [-0.05, 0) is 43.0 Å². The molecule has 4 rings (SSSR count). The average Bonchev–Trinajstić information content (AvgIpc) is 3.22. The van der Waals surface area contributed by atoms with E-state index >= 15 is 0 Å². The second-order valence-corrected chi connectivity index (χ2v) is 7.19. The quantitative estimate of drug-likeness (QED) is 0.794. The van der Waals surface area contributed by atoms with Gasteiger partial charge in [0.15, 0.2) is 11.5 Å². The standard InChI is InChI=1S/C21H25N3O4/c1-2-3-11-24-20(25)9-7-16(22-24)21(26)23-10-4-5-17(23)15-6-8-18-19(14-15)28-13-12-27-18/h6-9,14,17H,2-5,10-13H2,1H3. The van der Waals surface area contributed by atoms with E-state index in [9.17, 15) is 9.59 Å². The maximum Gasteiger partial charge on any atom is 0.274 e. The van der Waals surface area contributed by atoms with Gasteiger partial charge in [-0.15, -0.1) is 0 Å². The molecule has 148 valence electrons. The Morgan fingerprint density at radius 2 is 2.00 bits per heavy atom. The molecule has 0 saturated carbocycles. The molecule has 3 heterocycles. The van der Waals surface area contributed by atoms with Gasteiger partial charge in [0, 0.05) is 19.2 Å². The van der Waals surface area contributed by atoms with E-state index < -0.39 is 0 Å². The topological polar surface area (TPSA) is 73.7 Å². The predicted molar refractivity (Wildman–Crippen MR) is 104 cm³/mol. The Bertz CT molecular complexity index is 924. The lowest BCUT2D eigenvalue weighted by Crippen LogP contribution is -2.33. The Morgan fingerprint density at radius 3 is 2.82 bits per heavy atom. The van der Waals surface area contributed by atoms with E-state index in [0.29, 0.717) is 32.0 Å². The number of amides is 1. The van der Waals surface area contributed by atoms with Crippen LogP contribution in [0.15, 0.2) is 35.1 Å². The van der Waals surface area contributed by atoms with Crippen molar-refractivity contribution >= 4 is 5.91 Å². The number of carbonyl (C=O) groups excluding carboxylic acids is 1. The van der Waals surface area contributed by atoms with Gasteiger partial charge in [0.05, 0.1) is 6.04 Å². The first kappa shape index (κ1) is 18.5. The van der Waals surface area contributed by atoms with Crippen molar-refractivity contribution in [1.82, 2.24) is 14.7 Å². The van der Waals surface area contributed by atoms with Crippen LogP contribution in [0.4, 0.5) is 0 Å². The van der Waals surface area contributed by atoms with Crippen LogP contribution in [-0.2, 0) is 6.54 Å². The number of hydrogen-bond donors (Lipinski definition) is 0. The molecule has 28 heavy (non-hydrogen) atoms. The Hall–Kier alpha value is -2.83. The molecule has 2 aliphatic heterocycles. The largest absolute Gasteiger partial charge is 0.486 e. The van der Waals surface area contributed by atoms with E-state index in [-0.39, 0.29) is 17.5 Å². The summed E-state index contributed by atoms with van der Waals surface area (Å²) in [6.45, 7) is 4.35. The van der Waals surface area contributed by atoms with E-state index in [0.717, 1.165) is 42.7 Å². The first-order valence-corrected chi connectivity index (χ1v) is 9.96. The van der Waals surface area contributed by atoms with Gasteiger partial charge in [-0.2, -0.15) is 5.10 Å². The minimum atomic E-state index is -0.171. The molecule has 1 unspecified atom stereocenters. The Morgan fingerprint density at radius 1 is 1.18 bits per heavy atom. The molecular formula is C21H25N3O4. The number of hydrogen-bond acceptors (Lipinski definition) is 5. The number of unbranched alkanes of at least 4 members (excludes halogenated alkanes) is 1. The molecule has 2 aromatic rings. The number of likely N-dealkylation sites (tertiary alicyclic amines) is 1. The highest BCUT2D eigenvalue weighted by Gasteiger charge is 2.32. The molecule has 1 saturated heterocycles. The van der Waals surface area contributed by atoms with E-state index in [1.807, 2.05) is 23.1 Å². The van der Waals surface area contributed by atoms with Crippen LogP contribution < -0.4 is 15.0 Å². The molecule has 0 radical (unpaired) electrons. The highest BCUT2D eigenvalue weighted by Crippen LogP contribution is 2.38. The molecule has 7 heteroatoms. The summed E-state index contributed by atoms with van der Waals surface area (Å²) in [7, 11) is 0. The third kappa shape index (κ3) is 3.61. The summed E-state index contributed by atoms with van der Waals surface area (Å²) in [5, 5.41) is 4.32. The second kappa shape index (κ2) is 8.04. The third-order valence-electron chi connectivity index (χ3n) is 5.27. The van der Waals surface area contributed by atoms with Gasteiger partial charge in [-0.1, -0.05) is 19.4 Å². The van der Waals surface area contributed by atoms with Gasteiger partial charge >= 0.3 is 0 Å². The van der Waals surface area contributed by atoms with E-state index in [4.69, 9.17) is 9.47 Å². The van der Waals surface area contributed by atoms with Crippen molar-refractivity contribution in [3.05, 3.63) is 51.9 Å². The number of aromatic nitrogens is 2. The van der Waals surface area contributed by atoms with Crippen LogP contribution in [0.25, 0.3) is 0 Å². The fourth-order valence-electron chi connectivity index (χ4n) is 3.80. The highest BCUT2D eigenvalue weighted by molar-refractivity contribution is 5.92. The molecule has 0 bridgehead atoms. The number of fused-ring (bicyclic) bond motifs is 1. The maximum atomic E-state index is 13.1. The van der Waals surface area contributed by atoms with Crippen LogP contribution in [0.5, 0.6) is 11.5 Å². The summed E-state index contributed by atoms with van der Waals surface area (Å²) in [5.41, 5.74) is 1.18. The number of benzene rings is 1. The summed E-state index contributed by atoms with van der Waals surface area (Å²) in [4.78, 5) is 27.0. The van der Waals surface area contributed by atoms with Crippen molar-refractivity contribution in [2.24, 2.45) is 0 Å². The number of rotatable bonds is 5. The molecule has 1 aromatic heterocycles. The Balaban J connectivity index is 1.58. The van der Waals surface area contributed by atoms with Crippen LogP contribution in [0.2, 0.25) is 0 Å². The number of carbonyl (C=O) groups is 1. The van der Waals surface area contributed by atoms with Gasteiger partial charge in [0.1, 0.15) is 18.9 Å². The van der Waals surface area contributed by atoms with E-state index in [1.54, 1.807) is 0 Å². The minimum absolute atomic E-state index is 0.0267. The normalized spacial score (nSPS) is 18.3. The lowest BCUT2D eigenvalue weighted by molar-refractivity contribution is 0.0726. The zero-order valence-electron chi connectivity index (χ0n) is 16.1. The van der Waals surface area contributed by atoms with E-state index in [2.05, 4.69) is 12.0 Å². The zero-order valence-corrected chi connectivity index (χ0v) is 16.1. The first-order valence-electron chi connectivity index (χ1n) is 9.96. The predicted octanol–water partition coefficient (Wildman–Crippen LogP) is 2.79. The van der Waals surface area contributed by atoms with Gasteiger partial charge in [0.25, 0.3) is 11.5 Å². The van der Waals surface area contributed by atoms with Crippen molar-refractivity contribution < 1.29 is 14.3 Å². The van der Waals surface area contributed by atoms with Gasteiger partial charge in [0.2, 0.25) is 0 Å². The SMILES string of the molecule is CCCCn1nc(C(=O)N2CCCC2c2ccc3c(c2)OCCO3)ccc1=O. The summed E-state index contributed by atoms with van der Waals surface area (Å²) in [5.74, 6) is 1.34. The molecule has 0 spiro atoms. The van der Waals surface area contributed by atoms with Crippen molar-refractivity contribution in [2.75, 3.05) is 19.8 Å². The van der Waals surface area contributed by atoms with Crippen molar-refractivity contribution in [1.29, 1.82) is 0 Å². The van der Waals surface area contributed by atoms with Gasteiger partial charge in [-0.25, -0.2) is 4.68 Å². The lowest BCUT2D eigenvalue weighted by Gasteiger charge is -2.26. The molecule has 1 aromatic carbocycles. The Kier molecular flexibility index (Phi) is 5.32. The number of nitrogens with zero attached hydrogens (tertiary/aromatic N) is 3. The van der Waals surface area contributed by atoms with Gasteiger partial charge < -0.3 is 14.4 Å². The smallest absolute Gasteiger partial charge is 0.274 e. The van der Waals surface area contributed by atoms with Crippen molar-refractivity contribution in [3.63, 3.8) is 0 Å². The zero-order chi connectivity index (χ0) is 19.5. The van der Waals surface area contributed by atoms with Crippen molar-refractivity contribution in [2.45, 2.75) is 45.2 Å².